The molecule has 2 aromatic heterocycles. The molecule has 0 radical (unpaired) electrons. The number of benzene rings is 1. The van der Waals surface area contributed by atoms with Crippen LogP contribution >= 0.6 is 23.1 Å². The molecule has 1 N–H and O–H groups in total. The lowest BCUT2D eigenvalue weighted by molar-refractivity contribution is 0.0921. The maximum atomic E-state index is 12.8. The molecule has 5 nitrogen and oxygen atoms in total. The number of nitriles is 1. The molecule has 1 aromatic carbocycles. The monoisotopic (exact) mass is 476 g/mol. The van der Waals surface area contributed by atoms with Gasteiger partial charge < -0.3 is 10.2 Å². The molecular formula is C26H28N4OS2. The van der Waals surface area contributed by atoms with Gasteiger partial charge in [0.15, 0.2) is 0 Å². The Morgan fingerprint density at radius 1 is 1.24 bits per heavy atom. The summed E-state index contributed by atoms with van der Waals surface area (Å²) < 4.78 is 0.821. The number of nitrogens with zero attached hydrogens (tertiary/aromatic N) is 3. The van der Waals surface area contributed by atoms with Gasteiger partial charge in [-0.3, -0.25) is 9.78 Å². The van der Waals surface area contributed by atoms with Crippen LogP contribution in [-0.2, 0) is 0 Å². The van der Waals surface area contributed by atoms with E-state index in [1.165, 1.54) is 34.2 Å². The van der Waals surface area contributed by atoms with E-state index in [0.29, 0.717) is 16.4 Å². The van der Waals surface area contributed by atoms with E-state index in [2.05, 4.69) is 66.4 Å². The Morgan fingerprint density at radius 3 is 2.73 bits per heavy atom. The lowest BCUT2D eigenvalue weighted by Crippen LogP contribution is -2.43. The van der Waals surface area contributed by atoms with Gasteiger partial charge in [0, 0.05) is 28.9 Å². The highest BCUT2D eigenvalue weighted by Crippen LogP contribution is 2.38. The first-order valence-corrected chi connectivity index (χ1v) is 12.8. The number of piperidine rings is 1. The van der Waals surface area contributed by atoms with Gasteiger partial charge in [-0.15, -0.1) is 11.3 Å². The zero-order chi connectivity index (χ0) is 23.4. The van der Waals surface area contributed by atoms with Gasteiger partial charge in [-0.1, -0.05) is 49.9 Å². The van der Waals surface area contributed by atoms with Crippen molar-refractivity contribution in [1.29, 1.82) is 5.26 Å². The third-order valence-corrected chi connectivity index (χ3v) is 8.21. The van der Waals surface area contributed by atoms with Crippen LogP contribution in [0.15, 0.2) is 57.9 Å². The number of likely N-dealkylation sites (tertiary alicyclic amines) is 1. The van der Waals surface area contributed by atoms with Crippen LogP contribution in [0.5, 0.6) is 0 Å². The number of carbonyl (C=O) groups is 1. The van der Waals surface area contributed by atoms with Crippen LogP contribution in [0.3, 0.4) is 0 Å². The number of pyridine rings is 1. The lowest BCUT2D eigenvalue weighted by atomic mass is 9.93. The standard InChI is InChI=1S/C26H28N4OS2/c1-17(2)22-6-4-5-7-23(22)19-12-21(16-28-15-19)32-26-18(14-27)13-24(33-26)25(31)29-20-8-10-30(3)11-9-20/h4-7,12-13,15-17,20H,8-11H2,1-3H3,(H,29,31). The first kappa shape index (κ1) is 23.5. The van der Waals surface area contributed by atoms with Crippen molar-refractivity contribution >= 4 is 29.0 Å². The van der Waals surface area contributed by atoms with Gasteiger partial charge in [0.1, 0.15) is 6.07 Å². The highest BCUT2D eigenvalue weighted by molar-refractivity contribution is 8.01. The van der Waals surface area contributed by atoms with Crippen LogP contribution in [0, 0.1) is 11.3 Å². The van der Waals surface area contributed by atoms with Gasteiger partial charge in [0.05, 0.1) is 14.6 Å². The minimum Gasteiger partial charge on any atom is -0.349 e. The van der Waals surface area contributed by atoms with Crippen LogP contribution in [-0.4, -0.2) is 42.0 Å². The van der Waals surface area contributed by atoms with Gasteiger partial charge in [0.2, 0.25) is 0 Å². The Hall–Kier alpha value is -2.66. The van der Waals surface area contributed by atoms with Crippen LogP contribution in [0.4, 0.5) is 0 Å². The number of carbonyl (C=O) groups excluding carboxylic acids is 1. The molecule has 0 atom stereocenters. The maximum absolute atomic E-state index is 12.8. The zero-order valence-corrected chi connectivity index (χ0v) is 20.8. The van der Waals surface area contributed by atoms with Gasteiger partial charge in [-0.2, -0.15) is 5.26 Å². The normalized spacial score (nSPS) is 14.9. The Morgan fingerprint density at radius 2 is 2.00 bits per heavy atom. The summed E-state index contributed by atoms with van der Waals surface area (Å²) >= 11 is 2.87. The number of hydrogen-bond donors (Lipinski definition) is 1. The largest absolute Gasteiger partial charge is 0.349 e. The third kappa shape index (κ3) is 5.64. The van der Waals surface area contributed by atoms with Crippen LogP contribution < -0.4 is 5.32 Å². The Balaban J connectivity index is 1.53. The summed E-state index contributed by atoms with van der Waals surface area (Å²) in [6.07, 6.45) is 5.60. The highest BCUT2D eigenvalue weighted by atomic mass is 32.2. The van der Waals surface area contributed by atoms with Gasteiger partial charge in [-0.25, -0.2) is 0 Å². The van der Waals surface area contributed by atoms with Crippen molar-refractivity contribution in [3.8, 4) is 17.2 Å². The first-order chi connectivity index (χ1) is 15.9. The molecule has 1 amide bonds. The fraction of sp³-hybridized carbons (Fsp3) is 0.346. The predicted molar refractivity (Wildman–Crippen MR) is 135 cm³/mol. The molecule has 0 spiro atoms. The van der Waals surface area contributed by atoms with Crippen molar-refractivity contribution in [2.75, 3.05) is 20.1 Å². The molecule has 33 heavy (non-hydrogen) atoms. The number of rotatable bonds is 6. The number of hydrogen-bond acceptors (Lipinski definition) is 6. The molecule has 1 saturated heterocycles. The molecule has 3 aromatic rings. The Bertz CT molecular complexity index is 1170. The third-order valence-electron chi connectivity index (χ3n) is 5.91. The molecule has 3 heterocycles. The summed E-state index contributed by atoms with van der Waals surface area (Å²) in [4.78, 5) is 21.1. The predicted octanol–water partition coefficient (Wildman–Crippen LogP) is 5.78. The van der Waals surface area contributed by atoms with E-state index < -0.39 is 0 Å². The maximum Gasteiger partial charge on any atom is 0.261 e. The van der Waals surface area contributed by atoms with E-state index in [-0.39, 0.29) is 11.9 Å². The molecular weight excluding hydrogens is 448 g/mol. The molecule has 1 aliphatic heterocycles. The number of aromatic nitrogens is 1. The van der Waals surface area contributed by atoms with Gasteiger partial charge in [0.25, 0.3) is 5.91 Å². The Labute approximate surface area is 203 Å². The Kier molecular flexibility index (Phi) is 7.49. The molecule has 7 heteroatoms. The fourth-order valence-corrected chi connectivity index (χ4v) is 6.24. The molecule has 1 aliphatic rings. The van der Waals surface area contributed by atoms with E-state index in [1.807, 2.05) is 18.5 Å². The lowest BCUT2D eigenvalue weighted by Gasteiger charge is -2.29. The van der Waals surface area contributed by atoms with Crippen LogP contribution in [0.25, 0.3) is 11.1 Å². The quantitative estimate of drug-likeness (QED) is 0.488. The van der Waals surface area contributed by atoms with Crippen molar-refractivity contribution in [3.05, 3.63) is 64.8 Å². The summed E-state index contributed by atoms with van der Waals surface area (Å²) in [6, 6.07) is 14.7. The minimum atomic E-state index is -0.0874. The van der Waals surface area contributed by atoms with E-state index >= 15 is 0 Å². The molecule has 4 rings (SSSR count). The molecule has 0 bridgehead atoms. The number of thiophene rings is 1. The summed E-state index contributed by atoms with van der Waals surface area (Å²) in [5, 5.41) is 12.8. The van der Waals surface area contributed by atoms with Crippen molar-refractivity contribution < 1.29 is 4.79 Å². The molecule has 170 valence electrons. The van der Waals surface area contributed by atoms with Crippen molar-refractivity contribution in [3.63, 3.8) is 0 Å². The van der Waals surface area contributed by atoms with Crippen molar-refractivity contribution in [1.82, 2.24) is 15.2 Å². The van der Waals surface area contributed by atoms with Crippen LogP contribution in [0.1, 0.15) is 53.4 Å². The van der Waals surface area contributed by atoms with E-state index in [4.69, 9.17) is 0 Å². The second-order valence-electron chi connectivity index (χ2n) is 8.73. The van der Waals surface area contributed by atoms with Gasteiger partial charge in [-0.05, 0) is 62.2 Å². The zero-order valence-electron chi connectivity index (χ0n) is 19.2. The number of amides is 1. The van der Waals surface area contributed by atoms with Crippen molar-refractivity contribution in [2.45, 2.75) is 47.8 Å². The minimum absolute atomic E-state index is 0.0874. The topological polar surface area (TPSA) is 69.0 Å². The SMILES string of the molecule is CC(C)c1ccccc1-c1cncc(Sc2sc(C(=O)NC3CCN(C)CC3)cc2C#N)c1. The molecule has 0 saturated carbocycles. The summed E-state index contributed by atoms with van der Waals surface area (Å²) in [6.45, 7) is 6.36. The molecule has 0 unspecified atom stereocenters. The first-order valence-electron chi connectivity index (χ1n) is 11.2. The molecule has 1 fully saturated rings. The highest BCUT2D eigenvalue weighted by Gasteiger charge is 2.22. The fourth-order valence-electron chi connectivity index (χ4n) is 4.04. The average Bonchev–Trinajstić information content (AvgIpc) is 3.23. The van der Waals surface area contributed by atoms with E-state index in [0.717, 1.165) is 40.6 Å². The smallest absolute Gasteiger partial charge is 0.261 e. The van der Waals surface area contributed by atoms with Crippen LogP contribution in [0.2, 0.25) is 0 Å². The molecule has 0 aliphatic carbocycles. The van der Waals surface area contributed by atoms with Crippen molar-refractivity contribution in [2.24, 2.45) is 0 Å². The van der Waals surface area contributed by atoms with E-state index in [1.54, 1.807) is 6.07 Å². The van der Waals surface area contributed by atoms with Gasteiger partial charge >= 0.3 is 0 Å². The number of nitrogens with one attached hydrogen (secondary N) is 1. The van der Waals surface area contributed by atoms with E-state index in [9.17, 15) is 10.1 Å². The average molecular weight is 477 g/mol. The second kappa shape index (κ2) is 10.5. The second-order valence-corrected chi connectivity index (χ2v) is 11.1. The summed E-state index contributed by atoms with van der Waals surface area (Å²) in [5.41, 5.74) is 4.04. The summed E-state index contributed by atoms with van der Waals surface area (Å²) in [5.74, 6) is 0.321. The summed E-state index contributed by atoms with van der Waals surface area (Å²) in [7, 11) is 2.10.